The Morgan fingerprint density at radius 2 is 1.94 bits per heavy atom. The molecule has 0 heterocycles. The highest BCUT2D eigenvalue weighted by Gasteiger charge is 2.49. The van der Waals surface area contributed by atoms with Crippen molar-refractivity contribution in [2.75, 3.05) is 0 Å². The molecule has 2 rings (SSSR count). The van der Waals surface area contributed by atoms with Crippen LogP contribution in [0.1, 0.15) is 39.2 Å². The van der Waals surface area contributed by atoms with Gasteiger partial charge in [-0.1, -0.05) is 39.3 Å². The fourth-order valence-corrected chi connectivity index (χ4v) is 2.25. The molecule has 94 valence electrons. The van der Waals surface area contributed by atoms with E-state index in [2.05, 4.69) is 32.9 Å². The quantitative estimate of drug-likeness (QED) is 0.867. The molecule has 1 saturated carbocycles. The zero-order valence-electron chi connectivity index (χ0n) is 10.9. The van der Waals surface area contributed by atoms with E-state index in [1.165, 1.54) is 12.0 Å². The van der Waals surface area contributed by atoms with Crippen LogP contribution in [-0.4, -0.2) is 17.3 Å². The molecule has 0 radical (unpaired) electrons. The molecule has 1 N–H and O–H groups in total. The van der Waals surface area contributed by atoms with Crippen molar-refractivity contribution in [1.82, 2.24) is 0 Å². The highest BCUT2D eigenvalue weighted by Crippen LogP contribution is 2.42. The predicted molar refractivity (Wildman–Crippen MR) is 69.3 cm³/mol. The van der Waals surface area contributed by atoms with Crippen LogP contribution < -0.4 is 4.74 Å². The van der Waals surface area contributed by atoms with Gasteiger partial charge in [0.1, 0.15) is 11.9 Å². The van der Waals surface area contributed by atoms with E-state index in [0.29, 0.717) is 0 Å². The second-order valence-corrected chi connectivity index (χ2v) is 5.57. The lowest BCUT2D eigenvalue weighted by molar-refractivity contribution is -0.134. The second-order valence-electron chi connectivity index (χ2n) is 5.57. The molecule has 2 heteroatoms. The molecule has 2 unspecified atom stereocenters. The fraction of sp³-hybridized carbons (Fsp3) is 0.600. The number of rotatable bonds is 4. The highest BCUT2D eigenvalue weighted by molar-refractivity contribution is 5.28. The summed E-state index contributed by atoms with van der Waals surface area (Å²) in [6, 6.07) is 8.32. The van der Waals surface area contributed by atoms with Gasteiger partial charge in [-0.05, 0) is 24.1 Å². The van der Waals surface area contributed by atoms with Crippen LogP contribution in [0.25, 0.3) is 0 Å². The Balaban J connectivity index is 1.96. The van der Waals surface area contributed by atoms with Gasteiger partial charge < -0.3 is 9.84 Å². The van der Waals surface area contributed by atoms with Crippen LogP contribution in [0.2, 0.25) is 0 Å². The second kappa shape index (κ2) is 4.69. The maximum atomic E-state index is 9.66. The van der Waals surface area contributed by atoms with Crippen LogP contribution in [-0.2, 0) is 6.42 Å². The summed E-state index contributed by atoms with van der Waals surface area (Å²) < 4.78 is 5.91. The summed E-state index contributed by atoms with van der Waals surface area (Å²) in [5.74, 6) is 0.912. The van der Waals surface area contributed by atoms with E-state index in [9.17, 15) is 5.11 Å². The van der Waals surface area contributed by atoms with Gasteiger partial charge in [0.2, 0.25) is 0 Å². The van der Waals surface area contributed by atoms with Gasteiger partial charge >= 0.3 is 0 Å². The van der Waals surface area contributed by atoms with Crippen molar-refractivity contribution in [1.29, 1.82) is 0 Å². The van der Waals surface area contributed by atoms with Gasteiger partial charge in [-0.2, -0.15) is 0 Å². The van der Waals surface area contributed by atoms with E-state index in [-0.39, 0.29) is 17.6 Å². The molecule has 1 fully saturated rings. The van der Waals surface area contributed by atoms with Crippen molar-refractivity contribution in [2.45, 2.75) is 52.2 Å². The van der Waals surface area contributed by atoms with Gasteiger partial charge in [-0.15, -0.1) is 0 Å². The Bertz CT molecular complexity index is 367. The molecule has 17 heavy (non-hydrogen) atoms. The lowest BCUT2D eigenvalue weighted by Crippen LogP contribution is -2.56. The van der Waals surface area contributed by atoms with Gasteiger partial charge in [-0.25, -0.2) is 0 Å². The minimum Gasteiger partial charge on any atom is -0.490 e. The van der Waals surface area contributed by atoms with Crippen molar-refractivity contribution in [3.63, 3.8) is 0 Å². The van der Waals surface area contributed by atoms with Gasteiger partial charge in [-0.3, -0.25) is 0 Å². The predicted octanol–water partition coefficient (Wildman–Crippen LogP) is 3.18. The number of hydrogen-bond donors (Lipinski definition) is 1. The maximum Gasteiger partial charge on any atom is 0.119 e. The Kier molecular flexibility index (Phi) is 3.43. The van der Waals surface area contributed by atoms with Crippen molar-refractivity contribution >= 4 is 0 Å². The van der Waals surface area contributed by atoms with Crippen LogP contribution in [0, 0.1) is 5.41 Å². The molecule has 0 amide bonds. The Labute approximate surface area is 104 Å². The Morgan fingerprint density at radius 1 is 1.29 bits per heavy atom. The summed E-state index contributed by atoms with van der Waals surface area (Å²) >= 11 is 0. The molecule has 1 aromatic rings. The Hall–Kier alpha value is -1.02. The third-order valence-corrected chi connectivity index (χ3v) is 3.87. The average molecular weight is 234 g/mol. The molecule has 1 aliphatic rings. The number of ether oxygens (including phenoxy) is 1. The van der Waals surface area contributed by atoms with Crippen molar-refractivity contribution in [3.8, 4) is 5.75 Å². The van der Waals surface area contributed by atoms with E-state index in [0.717, 1.165) is 18.6 Å². The molecule has 0 bridgehead atoms. The fourth-order valence-electron chi connectivity index (χ4n) is 2.25. The van der Waals surface area contributed by atoms with Crippen LogP contribution >= 0.6 is 0 Å². The third-order valence-electron chi connectivity index (χ3n) is 3.87. The molecule has 0 spiro atoms. The first kappa shape index (κ1) is 12.4. The zero-order valence-corrected chi connectivity index (χ0v) is 10.9. The summed E-state index contributed by atoms with van der Waals surface area (Å²) in [5.41, 5.74) is 1.23. The monoisotopic (exact) mass is 234 g/mol. The molecule has 0 saturated heterocycles. The van der Waals surface area contributed by atoms with Gasteiger partial charge in [0.25, 0.3) is 0 Å². The summed E-state index contributed by atoms with van der Waals surface area (Å²) in [4.78, 5) is 0. The number of aliphatic hydroxyl groups is 1. The molecule has 1 aliphatic carbocycles. The molecule has 0 aliphatic heterocycles. The van der Waals surface area contributed by atoms with Gasteiger partial charge in [0.15, 0.2) is 0 Å². The first-order valence-corrected chi connectivity index (χ1v) is 6.47. The molecular weight excluding hydrogens is 212 g/mol. The zero-order chi connectivity index (χ0) is 12.5. The number of hydrogen-bond acceptors (Lipinski definition) is 2. The molecular formula is C15H22O2. The molecule has 2 atom stereocenters. The summed E-state index contributed by atoms with van der Waals surface area (Å²) in [7, 11) is 0. The standard InChI is InChI=1S/C15H22O2/c1-4-5-11-6-8-12(9-7-11)17-14-10-13(16)15(14,2)3/h6-9,13-14,16H,4-5,10H2,1-3H3. The summed E-state index contributed by atoms with van der Waals surface area (Å²) in [6.07, 6.45) is 2.93. The highest BCUT2D eigenvalue weighted by atomic mass is 16.5. The average Bonchev–Trinajstić information content (AvgIpc) is 2.31. The third kappa shape index (κ3) is 2.47. The van der Waals surface area contributed by atoms with E-state index in [1.54, 1.807) is 0 Å². The molecule has 1 aromatic carbocycles. The van der Waals surface area contributed by atoms with Gasteiger partial charge in [0.05, 0.1) is 6.10 Å². The normalized spacial score (nSPS) is 26.4. The van der Waals surface area contributed by atoms with E-state index in [4.69, 9.17) is 4.74 Å². The van der Waals surface area contributed by atoms with Crippen LogP contribution in [0.4, 0.5) is 0 Å². The van der Waals surface area contributed by atoms with Crippen molar-refractivity contribution in [2.24, 2.45) is 5.41 Å². The van der Waals surface area contributed by atoms with Crippen molar-refractivity contribution in [3.05, 3.63) is 29.8 Å². The molecule has 0 aromatic heterocycles. The van der Waals surface area contributed by atoms with E-state index in [1.807, 2.05) is 12.1 Å². The molecule has 2 nitrogen and oxygen atoms in total. The largest absolute Gasteiger partial charge is 0.490 e. The van der Waals surface area contributed by atoms with Crippen LogP contribution in [0.5, 0.6) is 5.75 Å². The number of benzene rings is 1. The van der Waals surface area contributed by atoms with E-state index < -0.39 is 0 Å². The minimum atomic E-state index is -0.230. The first-order valence-electron chi connectivity index (χ1n) is 6.47. The van der Waals surface area contributed by atoms with Crippen LogP contribution in [0.3, 0.4) is 0 Å². The van der Waals surface area contributed by atoms with E-state index >= 15 is 0 Å². The summed E-state index contributed by atoms with van der Waals surface area (Å²) in [5, 5.41) is 9.66. The van der Waals surface area contributed by atoms with Crippen LogP contribution in [0.15, 0.2) is 24.3 Å². The minimum absolute atomic E-state index is 0.123. The topological polar surface area (TPSA) is 29.5 Å². The summed E-state index contributed by atoms with van der Waals surface area (Å²) in [6.45, 7) is 6.29. The first-order chi connectivity index (χ1) is 8.04. The number of aliphatic hydroxyl groups excluding tert-OH is 1. The van der Waals surface area contributed by atoms with Crippen molar-refractivity contribution < 1.29 is 9.84 Å². The lowest BCUT2D eigenvalue weighted by Gasteiger charge is -2.48. The lowest BCUT2D eigenvalue weighted by atomic mass is 9.66. The smallest absolute Gasteiger partial charge is 0.119 e. The number of aryl methyl sites for hydroxylation is 1. The maximum absolute atomic E-state index is 9.66. The SMILES string of the molecule is CCCc1ccc(OC2CC(O)C2(C)C)cc1. The Morgan fingerprint density at radius 3 is 2.41 bits per heavy atom. The van der Waals surface area contributed by atoms with Gasteiger partial charge in [0, 0.05) is 11.8 Å².